The fourth-order valence-electron chi connectivity index (χ4n) is 5.49. The fourth-order valence-corrected chi connectivity index (χ4v) is 5.49. The van der Waals surface area contributed by atoms with E-state index in [1.54, 1.807) is 42.0 Å². The quantitative estimate of drug-likeness (QED) is 0.198. The van der Waals surface area contributed by atoms with Crippen molar-refractivity contribution in [3.05, 3.63) is 81.2 Å². The van der Waals surface area contributed by atoms with Gasteiger partial charge in [0.05, 0.1) is 22.5 Å². The highest BCUT2D eigenvalue weighted by Crippen LogP contribution is 2.48. The van der Waals surface area contributed by atoms with Gasteiger partial charge in [0.25, 0.3) is 0 Å². The van der Waals surface area contributed by atoms with Crippen LogP contribution in [0.4, 0.5) is 55.5 Å². The number of aromatic nitrogens is 4. The predicted octanol–water partition coefficient (Wildman–Crippen LogP) is 8.29. The summed E-state index contributed by atoms with van der Waals surface area (Å²) >= 11 is 0. The van der Waals surface area contributed by atoms with Gasteiger partial charge in [0.2, 0.25) is 0 Å². The molecule has 0 radical (unpaired) electrons. The highest BCUT2D eigenvalue weighted by atomic mass is 19.4. The molecule has 0 fully saturated rings. The lowest BCUT2D eigenvalue weighted by atomic mass is 9.74. The van der Waals surface area contributed by atoms with E-state index >= 15 is 17.6 Å². The van der Waals surface area contributed by atoms with Crippen molar-refractivity contribution in [1.82, 2.24) is 19.9 Å². The minimum Gasteiger partial charge on any atom is -0.363 e. The standard InChI is InChI=1S/C32H28F10N6/c1-29(2)15-9-13(23(33)21(25(15)35)31(37,38)39)27-43-17(11-19(45-27)47(5)6)30(3,4)18-12-20(48(7)8)46-28(44-18)14-10-16(29)26(36)22(24(14)34)32(40,41)42/h9-12H,1-8H3. The Kier molecular flexibility index (Phi) is 7.99. The second-order valence-corrected chi connectivity index (χ2v) is 12.9. The molecule has 2 aromatic heterocycles. The van der Waals surface area contributed by atoms with Crippen molar-refractivity contribution in [2.45, 2.75) is 50.9 Å². The van der Waals surface area contributed by atoms with E-state index in [4.69, 9.17) is 0 Å². The fraction of sp³-hybridized carbons (Fsp3) is 0.375. The van der Waals surface area contributed by atoms with Crippen molar-refractivity contribution in [3.8, 4) is 22.8 Å². The molecule has 256 valence electrons. The Hall–Kier alpha value is -4.50. The van der Waals surface area contributed by atoms with Gasteiger partial charge in [-0.05, 0) is 37.1 Å². The minimum absolute atomic E-state index is 0.0527. The van der Waals surface area contributed by atoms with Crippen LogP contribution in [0, 0.1) is 23.3 Å². The third kappa shape index (κ3) is 5.48. The second kappa shape index (κ2) is 11.0. The van der Waals surface area contributed by atoms with Crippen molar-refractivity contribution >= 4 is 11.6 Å². The first-order chi connectivity index (χ1) is 21.9. The Labute approximate surface area is 268 Å². The molecule has 0 N–H and O–H groups in total. The maximum Gasteiger partial charge on any atom is 0.422 e. The number of rotatable bonds is 2. The Bertz CT molecular complexity index is 1830. The number of benzene rings is 2. The van der Waals surface area contributed by atoms with E-state index in [0.717, 1.165) is 13.8 Å². The summed E-state index contributed by atoms with van der Waals surface area (Å²) in [7, 11) is 6.17. The van der Waals surface area contributed by atoms with Crippen LogP contribution < -0.4 is 9.80 Å². The van der Waals surface area contributed by atoms with Crippen LogP contribution in [0.25, 0.3) is 22.8 Å². The van der Waals surface area contributed by atoms with Crippen molar-refractivity contribution in [3.63, 3.8) is 0 Å². The molecule has 3 heterocycles. The molecule has 0 saturated carbocycles. The molecule has 5 rings (SSSR count). The van der Waals surface area contributed by atoms with Crippen LogP contribution in [-0.4, -0.2) is 48.1 Å². The van der Waals surface area contributed by atoms with Crippen LogP contribution in [-0.2, 0) is 23.2 Å². The third-order valence-electron chi connectivity index (χ3n) is 8.42. The zero-order valence-corrected chi connectivity index (χ0v) is 26.8. The molecule has 0 atom stereocenters. The van der Waals surface area contributed by atoms with Crippen LogP contribution in [0.2, 0.25) is 0 Å². The van der Waals surface area contributed by atoms with E-state index in [1.165, 1.54) is 21.9 Å². The van der Waals surface area contributed by atoms with Gasteiger partial charge in [0.1, 0.15) is 46.0 Å². The zero-order valence-electron chi connectivity index (χ0n) is 26.8. The maximum absolute atomic E-state index is 16.0. The lowest BCUT2D eigenvalue weighted by molar-refractivity contribution is -0.143. The zero-order chi connectivity index (χ0) is 36.0. The van der Waals surface area contributed by atoms with Crippen LogP contribution in [0.15, 0.2) is 24.3 Å². The van der Waals surface area contributed by atoms with E-state index in [2.05, 4.69) is 19.9 Å². The third-order valence-corrected chi connectivity index (χ3v) is 8.42. The van der Waals surface area contributed by atoms with Crippen molar-refractivity contribution in [1.29, 1.82) is 0 Å². The van der Waals surface area contributed by atoms with E-state index < -0.39 is 91.5 Å². The SMILES string of the molecule is CN(C)c1cc2nc(n1)-c1cc(c(F)c(C(F)(F)F)c1F)C(C)(C)c1cc(c(F)c(C(F)(F)F)c1F)-c1nc(N(C)C)cc(n1)C2(C)C. The number of alkyl halides is 6. The summed E-state index contributed by atoms with van der Waals surface area (Å²) in [5.74, 6) is -9.68. The average Bonchev–Trinajstić information content (AvgIpc) is 2.94. The summed E-state index contributed by atoms with van der Waals surface area (Å²) in [5.41, 5.74) is -12.5. The number of anilines is 2. The normalized spacial score (nSPS) is 15.2. The van der Waals surface area contributed by atoms with Gasteiger partial charge in [0.15, 0.2) is 11.6 Å². The Morgan fingerprint density at radius 2 is 0.833 bits per heavy atom. The van der Waals surface area contributed by atoms with Gasteiger partial charge in [-0.3, -0.25) is 0 Å². The van der Waals surface area contributed by atoms with Gasteiger partial charge >= 0.3 is 12.4 Å². The molecule has 0 unspecified atom stereocenters. The van der Waals surface area contributed by atoms with Crippen LogP contribution in [0.3, 0.4) is 0 Å². The molecule has 0 saturated heterocycles. The highest BCUT2D eigenvalue weighted by molar-refractivity contribution is 5.67. The van der Waals surface area contributed by atoms with Gasteiger partial charge in [-0.1, -0.05) is 13.8 Å². The summed E-state index contributed by atoms with van der Waals surface area (Å²) < 4.78 is 150. The summed E-state index contributed by atoms with van der Waals surface area (Å²) in [6.07, 6.45) is -11.3. The van der Waals surface area contributed by atoms with Crippen LogP contribution >= 0.6 is 0 Å². The first kappa shape index (κ1) is 34.8. The summed E-state index contributed by atoms with van der Waals surface area (Å²) in [6, 6.07) is 4.07. The number of nitrogens with zero attached hydrogens (tertiary/aromatic N) is 6. The topological polar surface area (TPSA) is 58.0 Å². The highest BCUT2D eigenvalue weighted by Gasteiger charge is 2.47. The lowest BCUT2D eigenvalue weighted by Gasteiger charge is -2.31. The maximum atomic E-state index is 16.0. The molecule has 0 amide bonds. The number of fused-ring (bicyclic) bond motifs is 10. The summed E-state index contributed by atoms with van der Waals surface area (Å²) in [4.78, 5) is 20.1. The van der Waals surface area contributed by atoms with Crippen LogP contribution in [0.5, 0.6) is 0 Å². The molecule has 4 aromatic rings. The van der Waals surface area contributed by atoms with Gasteiger partial charge < -0.3 is 9.80 Å². The predicted molar refractivity (Wildman–Crippen MR) is 158 cm³/mol. The lowest BCUT2D eigenvalue weighted by Crippen LogP contribution is -2.29. The first-order valence-electron chi connectivity index (χ1n) is 14.2. The molecule has 6 nitrogen and oxygen atoms in total. The number of hydrogen-bond donors (Lipinski definition) is 0. The molecule has 0 spiro atoms. The molecular formula is C32H28F10N6. The minimum atomic E-state index is -5.67. The molecule has 48 heavy (non-hydrogen) atoms. The molecule has 0 aliphatic carbocycles. The largest absolute Gasteiger partial charge is 0.422 e. The van der Waals surface area contributed by atoms with Crippen molar-refractivity contribution in [2.24, 2.45) is 0 Å². The molecule has 2 aromatic carbocycles. The van der Waals surface area contributed by atoms with Gasteiger partial charge in [-0.2, -0.15) is 26.3 Å². The van der Waals surface area contributed by atoms with Crippen molar-refractivity contribution in [2.75, 3.05) is 38.0 Å². The van der Waals surface area contributed by atoms with E-state index in [1.807, 2.05) is 0 Å². The first-order valence-corrected chi connectivity index (χ1v) is 14.2. The van der Waals surface area contributed by atoms with E-state index in [-0.39, 0.29) is 23.0 Å². The Balaban J connectivity index is 2.11. The summed E-state index contributed by atoms with van der Waals surface area (Å²) in [6.45, 7) is 4.96. The Morgan fingerprint density at radius 1 is 0.500 bits per heavy atom. The number of hydrogen-bond acceptors (Lipinski definition) is 6. The second-order valence-electron chi connectivity index (χ2n) is 12.9. The summed E-state index contributed by atoms with van der Waals surface area (Å²) in [5, 5.41) is 0. The molecular weight excluding hydrogens is 658 g/mol. The average molecular weight is 687 g/mol. The van der Waals surface area contributed by atoms with E-state index in [0.29, 0.717) is 12.1 Å². The molecule has 16 heteroatoms. The van der Waals surface area contributed by atoms with Gasteiger partial charge in [0, 0.05) is 51.2 Å². The molecule has 1 aliphatic rings. The van der Waals surface area contributed by atoms with Gasteiger partial charge in [-0.25, -0.2) is 37.5 Å². The van der Waals surface area contributed by atoms with Gasteiger partial charge in [-0.15, -0.1) is 0 Å². The Morgan fingerprint density at radius 3 is 1.12 bits per heavy atom. The van der Waals surface area contributed by atoms with Crippen LogP contribution in [0.1, 0.15) is 61.3 Å². The molecule has 1 aliphatic heterocycles. The monoisotopic (exact) mass is 686 g/mol. The smallest absolute Gasteiger partial charge is 0.363 e. The van der Waals surface area contributed by atoms with Crippen molar-refractivity contribution < 1.29 is 43.9 Å². The number of halogens is 10. The molecule has 8 bridgehead atoms. The van der Waals surface area contributed by atoms with E-state index in [9.17, 15) is 26.3 Å².